The number of hydrogen-bond donors (Lipinski definition) is 1. The van der Waals surface area contributed by atoms with Gasteiger partial charge in [0.15, 0.2) is 0 Å². The summed E-state index contributed by atoms with van der Waals surface area (Å²) in [6.07, 6.45) is 0. The highest BCUT2D eigenvalue weighted by atomic mass is 35.5. The van der Waals surface area contributed by atoms with E-state index in [1.54, 1.807) is 17.4 Å². The van der Waals surface area contributed by atoms with Crippen LogP contribution in [0.4, 0.5) is 11.4 Å². The monoisotopic (exact) mass is 286 g/mol. The van der Waals surface area contributed by atoms with Crippen LogP contribution in [-0.4, -0.2) is 7.05 Å². The van der Waals surface area contributed by atoms with Crippen LogP contribution in [0, 0.1) is 0 Å². The molecule has 1 heterocycles. The van der Waals surface area contributed by atoms with Gasteiger partial charge in [-0.15, -0.1) is 11.3 Å². The Morgan fingerprint density at radius 3 is 2.65 bits per heavy atom. The van der Waals surface area contributed by atoms with Crippen molar-refractivity contribution >= 4 is 45.9 Å². The third-order valence-electron chi connectivity index (χ3n) is 2.43. The summed E-state index contributed by atoms with van der Waals surface area (Å²) in [5, 5.41) is 0.685. The van der Waals surface area contributed by atoms with Gasteiger partial charge in [-0.2, -0.15) is 0 Å². The third-order valence-corrected chi connectivity index (χ3v) is 3.88. The van der Waals surface area contributed by atoms with E-state index in [4.69, 9.17) is 28.9 Å². The fraction of sp³-hybridized carbons (Fsp3) is 0.167. The first-order valence-corrected chi connectivity index (χ1v) is 6.64. The molecule has 0 atom stereocenters. The van der Waals surface area contributed by atoms with Gasteiger partial charge in [0.25, 0.3) is 0 Å². The van der Waals surface area contributed by atoms with Crippen molar-refractivity contribution in [1.82, 2.24) is 0 Å². The number of thiophene rings is 1. The molecule has 2 nitrogen and oxygen atoms in total. The summed E-state index contributed by atoms with van der Waals surface area (Å²) in [4.78, 5) is 3.25. The molecule has 0 radical (unpaired) electrons. The zero-order chi connectivity index (χ0) is 12.4. The van der Waals surface area contributed by atoms with Crippen molar-refractivity contribution in [2.75, 3.05) is 17.7 Å². The highest BCUT2D eigenvalue weighted by molar-refractivity contribution is 7.16. The van der Waals surface area contributed by atoms with Crippen LogP contribution in [0.2, 0.25) is 9.36 Å². The van der Waals surface area contributed by atoms with Crippen LogP contribution < -0.4 is 10.6 Å². The van der Waals surface area contributed by atoms with E-state index >= 15 is 0 Å². The quantitative estimate of drug-likeness (QED) is 0.854. The number of nitrogens with zero attached hydrogens (tertiary/aromatic N) is 1. The molecule has 0 amide bonds. The Labute approximate surface area is 115 Å². The average Bonchev–Trinajstić information content (AvgIpc) is 2.67. The Kier molecular flexibility index (Phi) is 3.82. The molecule has 0 saturated carbocycles. The molecule has 0 fully saturated rings. The zero-order valence-electron chi connectivity index (χ0n) is 9.28. The van der Waals surface area contributed by atoms with E-state index in [2.05, 4.69) is 4.90 Å². The number of benzene rings is 1. The standard InChI is InChI=1S/C12H12Cl2N2S/c1-16(7-9-3-5-12(14)17-9)11-6-8(13)2-4-10(11)15/h2-6H,7,15H2,1H3. The maximum Gasteiger partial charge on any atom is 0.0931 e. The largest absolute Gasteiger partial charge is 0.397 e. The molecule has 0 unspecified atom stereocenters. The third kappa shape index (κ3) is 3.06. The fourth-order valence-electron chi connectivity index (χ4n) is 1.60. The lowest BCUT2D eigenvalue weighted by atomic mass is 10.2. The second-order valence-corrected chi connectivity index (χ2v) is 6.00. The number of rotatable bonds is 3. The van der Waals surface area contributed by atoms with Gasteiger partial charge in [0.2, 0.25) is 0 Å². The molecule has 0 spiro atoms. The molecule has 1 aromatic heterocycles. The lowest BCUT2D eigenvalue weighted by Gasteiger charge is -2.20. The van der Waals surface area contributed by atoms with E-state index in [9.17, 15) is 0 Å². The molecule has 1 aromatic carbocycles. The van der Waals surface area contributed by atoms with Crippen LogP contribution >= 0.6 is 34.5 Å². The van der Waals surface area contributed by atoms with Crippen LogP contribution in [0.1, 0.15) is 4.88 Å². The zero-order valence-corrected chi connectivity index (χ0v) is 11.6. The minimum atomic E-state index is 0.685. The fourth-order valence-corrected chi connectivity index (χ4v) is 2.91. The molecular weight excluding hydrogens is 275 g/mol. The minimum Gasteiger partial charge on any atom is -0.397 e. The van der Waals surface area contributed by atoms with Crippen LogP contribution in [0.25, 0.3) is 0 Å². The van der Waals surface area contributed by atoms with Gasteiger partial charge in [0, 0.05) is 16.9 Å². The van der Waals surface area contributed by atoms with Crippen molar-refractivity contribution in [3.8, 4) is 0 Å². The Morgan fingerprint density at radius 2 is 2.00 bits per heavy atom. The lowest BCUT2D eigenvalue weighted by molar-refractivity contribution is 0.942. The van der Waals surface area contributed by atoms with E-state index in [1.165, 1.54) is 4.88 Å². The topological polar surface area (TPSA) is 29.3 Å². The van der Waals surface area contributed by atoms with Gasteiger partial charge >= 0.3 is 0 Å². The molecule has 0 aliphatic heterocycles. The average molecular weight is 287 g/mol. The Hall–Kier alpha value is -0.900. The van der Waals surface area contributed by atoms with Crippen LogP contribution in [0.15, 0.2) is 30.3 Å². The maximum atomic E-state index is 5.97. The first kappa shape index (κ1) is 12.6. The van der Waals surface area contributed by atoms with Gasteiger partial charge in [0.05, 0.1) is 22.3 Å². The van der Waals surface area contributed by atoms with Gasteiger partial charge in [-0.1, -0.05) is 23.2 Å². The van der Waals surface area contributed by atoms with E-state index < -0.39 is 0 Å². The van der Waals surface area contributed by atoms with Crippen LogP contribution in [0.3, 0.4) is 0 Å². The van der Waals surface area contributed by atoms with Crippen molar-refractivity contribution in [2.24, 2.45) is 0 Å². The molecular formula is C12H12Cl2N2S. The van der Waals surface area contributed by atoms with Gasteiger partial charge < -0.3 is 10.6 Å². The number of nitrogen functional groups attached to an aromatic ring is 1. The van der Waals surface area contributed by atoms with E-state index in [-0.39, 0.29) is 0 Å². The summed E-state index contributed by atoms with van der Waals surface area (Å²) in [7, 11) is 1.98. The van der Waals surface area contributed by atoms with Gasteiger partial charge in [0.1, 0.15) is 0 Å². The second-order valence-electron chi connectivity index (χ2n) is 3.77. The van der Waals surface area contributed by atoms with Crippen molar-refractivity contribution in [3.05, 3.63) is 44.6 Å². The summed E-state index contributed by atoms with van der Waals surface area (Å²) in [6, 6.07) is 9.39. The molecule has 17 heavy (non-hydrogen) atoms. The number of anilines is 2. The predicted octanol–water partition coefficient (Wildman–Crippen LogP) is 4.27. The van der Waals surface area contributed by atoms with Crippen molar-refractivity contribution in [1.29, 1.82) is 0 Å². The summed E-state index contributed by atoms with van der Waals surface area (Å²) in [5.74, 6) is 0. The summed E-state index contributed by atoms with van der Waals surface area (Å²) in [5.41, 5.74) is 7.58. The molecule has 2 N–H and O–H groups in total. The first-order valence-electron chi connectivity index (χ1n) is 5.06. The highest BCUT2D eigenvalue weighted by Gasteiger charge is 2.08. The van der Waals surface area contributed by atoms with Crippen molar-refractivity contribution in [2.45, 2.75) is 6.54 Å². The Morgan fingerprint density at radius 1 is 1.24 bits per heavy atom. The molecule has 2 aromatic rings. The van der Waals surface area contributed by atoms with Gasteiger partial charge in [-0.3, -0.25) is 0 Å². The van der Waals surface area contributed by atoms with Crippen molar-refractivity contribution < 1.29 is 0 Å². The van der Waals surface area contributed by atoms with Gasteiger partial charge in [-0.25, -0.2) is 0 Å². The SMILES string of the molecule is CN(Cc1ccc(Cl)s1)c1cc(Cl)ccc1N. The molecule has 0 aliphatic carbocycles. The summed E-state index contributed by atoms with van der Waals surface area (Å²) < 4.78 is 0.799. The number of hydrogen-bond acceptors (Lipinski definition) is 3. The van der Waals surface area contributed by atoms with Gasteiger partial charge in [-0.05, 0) is 30.3 Å². The molecule has 0 bridgehead atoms. The molecule has 5 heteroatoms. The summed E-state index contributed by atoms with van der Waals surface area (Å²) >= 11 is 13.4. The first-order chi connectivity index (χ1) is 8.06. The second kappa shape index (κ2) is 5.17. The molecule has 0 aliphatic rings. The van der Waals surface area contributed by atoms with E-state index in [0.717, 1.165) is 22.3 Å². The van der Waals surface area contributed by atoms with Crippen LogP contribution in [0.5, 0.6) is 0 Å². The number of halogens is 2. The minimum absolute atomic E-state index is 0.685. The van der Waals surface area contributed by atoms with Crippen molar-refractivity contribution in [3.63, 3.8) is 0 Å². The predicted molar refractivity (Wildman–Crippen MR) is 77.3 cm³/mol. The lowest BCUT2D eigenvalue weighted by Crippen LogP contribution is -2.17. The molecule has 2 rings (SSSR count). The van der Waals surface area contributed by atoms with Crippen LogP contribution in [-0.2, 0) is 6.54 Å². The van der Waals surface area contributed by atoms with E-state index in [1.807, 2.05) is 31.3 Å². The molecule has 90 valence electrons. The Balaban J connectivity index is 2.19. The normalized spacial score (nSPS) is 10.5. The summed E-state index contributed by atoms with van der Waals surface area (Å²) in [6.45, 7) is 0.766. The highest BCUT2D eigenvalue weighted by Crippen LogP contribution is 2.29. The Bertz CT molecular complexity index is 525. The molecule has 0 saturated heterocycles. The van der Waals surface area contributed by atoms with E-state index in [0.29, 0.717) is 5.02 Å². The maximum absolute atomic E-state index is 5.97. The number of nitrogens with two attached hydrogens (primary N) is 1. The smallest absolute Gasteiger partial charge is 0.0931 e.